The van der Waals surface area contributed by atoms with Crippen molar-refractivity contribution in [2.45, 2.75) is 97.8 Å². The van der Waals surface area contributed by atoms with E-state index >= 15 is 0 Å². The Morgan fingerprint density at radius 3 is 1.50 bits per heavy atom. The van der Waals surface area contributed by atoms with Gasteiger partial charge in [0, 0.05) is 22.5 Å². The Balaban J connectivity index is 1.60. The lowest BCUT2D eigenvalue weighted by Crippen LogP contribution is -2.18. The van der Waals surface area contributed by atoms with E-state index in [0.29, 0.717) is 0 Å². The van der Waals surface area contributed by atoms with Crippen LogP contribution in [0.1, 0.15) is 104 Å². The Morgan fingerprint density at radius 2 is 0.913 bits per heavy atom. The van der Waals surface area contributed by atoms with Crippen molar-refractivity contribution in [1.29, 1.82) is 0 Å². The fourth-order valence-corrected chi connectivity index (χ4v) is 6.86. The normalized spacial score (nSPS) is 14.2. The van der Waals surface area contributed by atoms with E-state index in [1.165, 1.54) is 61.4 Å². The summed E-state index contributed by atoms with van der Waals surface area (Å²) in [7, 11) is 0. The van der Waals surface area contributed by atoms with Crippen LogP contribution in [-0.2, 0) is 21.7 Å². The highest BCUT2D eigenvalue weighted by Gasteiger charge is 2.36. The van der Waals surface area contributed by atoms with E-state index in [-0.39, 0.29) is 21.7 Å². The van der Waals surface area contributed by atoms with Crippen LogP contribution in [0.4, 0.5) is 17.1 Å². The van der Waals surface area contributed by atoms with Crippen LogP contribution in [0.25, 0.3) is 22.3 Å². The Kier molecular flexibility index (Phi) is 7.63. The summed E-state index contributed by atoms with van der Waals surface area (Å²) in [5.41, 5.74) is 15.6. The summed E-state index contributed by atoms with van der Waals surface area (Å²) in [6.45, 7) is 25.6. The zero-order chi connectivity index (χ0) is 33.2. The van der Waals surface area contributed by atoms with Crippen molar-refractivity contribution in [3.63, 3.8) is 0 Å². The highest BCUT2D eigenvalue weighted by molar-refractivity contribution is 5.86. The summed E-state index contributed by atoms with van der Waals surface area (Å²) >= 11 is 0. The third-order valence-electron chi connectivity index (χ3n) is 9.88. The first-order valence-electron chi connectivity index (χ1n) is 16.9. The fourth-order valence-electron chi connectivity index (χ4n) is 6.86. The van der Waals surface area contributed by atoms with Crippen molar-refractivity contribution in [2.24, 2.45) is 0 Å². The highest BCUT2D eigenvalue weighted by atomic mass is 15.1. The second kappa shape index (κ2) is 11.0. The largest absolute Gasteiger partial charge is 0.310 e. The zero-order valence-electron chi connectivity index (χ0n) is 29.8. The molecule has 0 saturated carbocycles. The first-order chi connectivity index (χ1) is 21.4. The Bertz CT molecular complexity index is 1870. The maximum absolute atomic E-state index is 2.45. The van der Waals surface area contributed by atoms with Gasteiger partial charge in [0.05, 0.1) is 0 Å². The summed E-state index contributed by atoms with van der Waals surface area (Å²) in [6, 6.07) is 41.3. The molecule has 46 heavy (non-hydrogen) atoms. The van der Waals surface area contributed by atoms with E-state index in [9.17, 15) is 0 Å². The van der Waals surface area contributed by atoms with Crippen LogP contribution in [0, 0.1) is 0 Å². The van der Waals surface area contributed by atoms with Gasteiger partial charge < -0.3 is 4.90 Å². The molecule has 0 unspecified atom stereocenters. The van der Waals surface area contributed by atoms with Crippen LogP contribution in [0.5, 0.6) is 0 Å². The van der Waals surface area contributed by atoms with E-state index in [1.807, 2.05) is 0 Å². The van der Waals surface area contributed by atoms with Crippen molar-refractivity contribution in [3.05, 3.63) is 137 Å². The van der Waals surface area contributed by atoms with Crippen LogP contribution < -0.4 is 4.90 Å². The lowest BCUT2D eigenvalue weighted by molar-refractivity contribution is 0.569. The van der Waals surface area contributed by atoms with Gasteiger partial charge >= 0.3 is 0 Å². The molecular formula is C45H51N. The van der Waals surface area contributed by atoms with E-state index in [1.54, 1.807) is 0 Å². The third-order valence-corrected chi connectivity index (χ3v) is 9.88. The van der Waals surface area contributed by atoms with Crippen molar-refractivity contribution in [3.8, 4) is 22.3 Å². The summed E-state index contributed by atoms with van der Waals surface area (Å²) in [5, 5.41) is 0. The Hall–Kier alpha value is -4.10. The van der Waals surface area contributed by atoms with E-state index < -0.39 is 0 Å². The van der Waals surface area contributed by atoms with E-state index in [0.717, 1.165) is 5.69 Å². The van der Waals surface area contributed by atoms with Crippen LogP contribution in [-0.4, -0.2) is 0 Å². The van der Waals surface area contributed by atoms with Crippen LogP contribution >= 0.6 is 0 Å². The maximum Gasteiger partial charge on any atom is 0.0470 e. The van der Waals surface area contributed by atoms with Crippen LogP contribution in [0.2, 0.25) is 0 Å². The van der Waals surface area contributed by atoms with E-state index in [4.69, 9.17) is 0 Å². The number of fused-ring (bicyclic) bond motifs is 3. The number of rotatable bonds is 4. The predicted molar refractivity (Wildman–Crippen MR) is 200 cm³/mol. The quantitative estimate of drug-likeness (QED) is 0.197. The molecule has 0 fully saturated rings. The van der Waals surface area contributed by atoms with Gasteiger partial charge in [-0.3, -0.25) is 0 Å². The van der Waals surface area contributed by atoms with Gasteiger partial charge in [0.25, 0.3) is 0 Å². The van der Waals surface area contributed by atoms with Gasteiger partial charge in [-0.1, -0.05) is 149 Å². The molecule has 1 heteroatoms. The number of benzene rings is 5. The number of hydrogen-bond donors (Lipinski definition) is 0. The molecule has 0 N–H and O–H groups in total. The number of para-hydroxylation sites is 1. The monoisotopic (exact) mass is 605 g/mol. The molecule has 0 atom stereocenters. The summed E-state index contributed by atoms with van der Waals surface area (Å²) < 4.78 is 0. The molecule has 0 spiro atoms. The topological polar surface area (TPSA) is 3.24 Å². The van der Waals surface area contributed by atoms with Crippen molar-refractivity contribution in [1.82, 2.24) is 0 Å². The first kappa shape index (κ1) is 31.9. The molecule has 0 aliphatic heterocycles. The Labute approximate surface area is 278 Å². The van der Waals surface area contributed by atoms with Crippen molar-refractivity contribution >= 4 is 17.1 Å². The van der Waals surface area contributed by atoms with Gasteiger partial charge in [-0.25, -0.2) is 0 Å². The van der Waals surface area contributed by atoms with E-state index in [2.05, 4.69) is 190 Å². The van der Waals surface area contributed by atoms with Gasteiger partial charge in [0.15, 0.2) is 0 Å². The maximum atomic E-state index is 2.45. The summed E-state index contributed by atoms with van der Waals surface area (Å²) in [6.07, 6.45) is 0. The number of nitrogens with zero attached hydrogens (tertiary/aromatic N) is 1. The van der Waals surface area contributed by atoms with Crippen molar-refractivity contribution in [2.75, 3.05) is 4.90 Å². The first-order valence-corrected chi connectivity index (χ1v) is 16.9. The van der Waals surface area contributed by atoms with Gasteiger partial charge in [-0.05, 0) is 103 Å². The second-order valence-corrected chi connectivity index (χ2v) is 16.9. The predicted octanol–water partition coefficient (Wildman–Crippen LogP) is 13.0. The molecule has 5 aromatic rings. The molecule has 1 nitrogen and oxygen atoms in total. The van der Waals surface area contributed by atoms with Crippen LogP contribution in [0.3, 0.4) is 0 Å². The lowest BCUT2D eigenvalue weighted by atomic mass is 9.78. The highest BCUT2D eigenvalue weighted by Crippen LogP contribution is 2.51. The minimum absolute atomic E-state index is 0.0246. The Morgan fingerprint density at radius 1 is 0.413 bits per heavy atom. The minimum Gasteiger partial charge on any atom is -0.310 e. The van der Waals surface area contributed by atoms with Gasteiger partial charge in [0.1, 0.15) is 0 Å². The van der Waals surface area contributed by atoms with Crippen LogP contribution in [0.15, 0.2) is 109 Å². The smallest absolute Gasteiger partial charge is 0.0470 e. The molecule has 0 bridgehead atoms. The fraction of sp³-hybridized carbons (Fsp3) is 0.333. The summed E-state index contributed by atoms with van der Waals surface area (Å²) in [4.78, 5) is 2.45. The molecule has 236 valence electrons. The molecule has 0 saturated heterocycles. The molecule has 0 heterocycles. The number of hydrogen-bond acceptors (Lipinski definition) is 1. The molecule has 1 aliphatic carbocycles. The SMILES string of the molecule is CC(C)(C)c1cc(-c2cc(C(C)(C)C)cc(C(C)(C)C)c2)cc(N(c2ccccc2)c2ccc3c(c2)C(C)(C)c2ccccc2-3)c1. The van der Waals surface area contributed by atoms with Gasteiger partial charge in [0.2, 0.25) is 0 Å². The minimum atomic E-state index is -0.0700. The third kappa shape index (κ3) is 5.81. The average molecular weight is 606 g/mol. The summed E-state index contributed by atoms with van der Waals surface area (Å²) in [5.74, 6) is 0. The molecule has 6 rings (SSSR count). The van der Waals surface area contributed by atoms with Gasteiger partial charge in [-0.2, -0.15) is 0 Å². The molecule has 5 aromatic carbocycles. The van der Waals surface area contributed by atoms with Gasteiger partial charge in [-0.15, -0.1) is 0 Å². The standard InChI is InChI=1S/C45H51N/c1-42(2,3)32-23-30(24-33(27-32)43(4,5)6)31-25-34(44(7,8)9)28-37(26-31)46(35-17-13-12-14-18-35)36-21-22-39-38-19-15-16-20-40(38)45(10,11)41(39)29-36/h12-29H,1-11H3. The lowest BCUT2D eigenvalue weighted by Gasteiger charge is -2.31. The average Bonchev–Trinajstić information content (AvgIpc) is 3.22. The van der Waals surface area contributed by atoms with Crippen molar-refractivity contribution < 1.29 is 0 Å². The number of anilines is 3. The molecule has 1 aliphatic rings. The molecule has 0 aromatic heterocycles. The molecule has 0 radical (unpaired) electrons. The molecular weight excluding hydrogens is 555 g/mol. The zero-order valence-corrected chi connectivity index (χ0v) is 29.8. The molecule has 0 amide bonds. The second-order valence-electron chi connectivity index (χ2n) is 16.9.